The Bertz CT molecular complexity index is 1090. The van der Waals surface area contributed by atoms with Crippen LogP contribution in [0, 0.1) is 13.8 Å². The molecule has 2 aromatic carbocycles. The van der Waals surface area contributed by atoms with Gasteiger partial charge < -0.3 is 9.47 Å². The predicted molar refractivity (Wildman–Crippen MR) is 117 cm³/mol. The van der Waals surface area contributed by atoms with Crippen LogP contribution in [0.1, 0.15) is 46.0 Å². The molecule has 0 bridgehead atoms. The normalized spacial score (nSPS) is 10.6. The Morgan fingerprint density at radius 3 is 2.29 bits per heavy atom. The Morgan fingerprint density at radius 2 is 1.65 bits per heavy atom. The van der Waals surface area contributed by atoms with Crippen LogP contribution in [-0.2, 0) is 0 Å². The van der Waals surface area contributed by atoms with E-state index in [0.29, 0.717) is 34.0 Å². The lowest BCUT2D eigenvalue weighted by Crippen LogP contribution is -2.42. The number of amides is 2. The molecule has 1 aromatic heterocycles. The molecule has 0 saturated carbocycles. The minimum atomic E-state index is -0.478. The van der Waals surface area contributed by atoms with Gasteiger partial charge in [-0.3, -0.25) is 20.4 Å². The first kappa shape index (κ1) is 21.9. The van der Waals surface area contributed by atoms with E-state index in [4.69, 9.17) is 9.47 Å². The maximum absolute atomic E-state index is 12.7. The molecule has 0 radical (unpaired) electrons. The number of ether oxygens (including phenoxy) is 2. The molecule has 8 nitrogen and oxygen atoms in total. The van der Waals surface area contributed by atoms with Gasteiger partial charge in [0.25, 0.3) is 11.8 Å². The summed E-state index contributed by atoms with van der Waals surface area (Å²) >= 11 is 0. The van der Waals surface area contributed by atoms with E-state index in [1.54, 1.807) is 29.8 Å². The maximum Gasteiger partial charge on any atom is 0.273 e. The van der Waals surface area contributed by atoms with Gasteiger partial charge in [0.1, 0.15) is 0 Å². The zero-order chi connectivity index (χ0) is 22.5. The van der Waals surface area contributed by atoms with E-state index in [1.807, 2.05) is 51.1 Å². The molecule has 31 heavy (non-hydrogen) atoms. The highest BCUT2D eigenvalue weighted by Gasteiger charge is 2.20. The number of carbonyl (C=O) groups excluding carboxylic acids is 2. The third kappa shape index (κ3) is 4.85. The molecule has 3 aromatic rings. The SMILES string of the molecule is COc1cc(C(=O)NNC(=O)c2c(C)nn(-c3ccccc3)c2C)ccc1OC(C)C. The summed E-state index contributed by atoms with van der Waals surface area (Å²) in [7, 11) is 1.50. The van der Waals surface area contributed by atoms with E-state index < -0.39 is 11.8 Å². The van der Waals surface area contributed by atoms with Crippen LogP contribution in [0.3, 0.4) is 0 Å². The van der Waals surface area contributed by atoms with Crippen molar-refractivity contribution in [2.75, 3.05) is 7.11 Å². The van der Waals surface area contributed by atoms with Crippen molar-refractivity contribution in [1.82, 2.24) is 20.6 Å². The highest BCUT2D eigenvalue weighted by molar-refractivity contribution is 6.00. The van der Waals surface area contributed by atoms with Crippen molar-refractivity contribution in [3.63, 3.8) is 0 Å². The second-order valence-corrected chi connectivity index (χ2v) is 7.23. The van der Waals surface area contributed by atoms with E-state index in [2.05, 4.69) is 16.0 Å². The molecule has 0 aliphatic carbocycles. The summed E-state index contributed by atoms with van der Waals surface area (Å²) in [5, 5.41) is 4.46. The van der Waals surface area contributed by atoms with Crippen molar-refractivity contribution in [3.05, 3.63) is 71.0 Å². The molecular weight excluding hydrogens is 396 g/mol. The summed E-state index contributed by atoms with van der Waals surface area (Å²) < 4.78 is 12.7. The first-order valence-electron chi connectivity index (χ1n) is 9.88. The molecule has 0 atom stereocenters. The molecule has 2 N–H and O–H groups in total. The number of nitrogens with one attached hydrogen (secondary N) is 2. The van der Waals surface area contributed by atoms with Gasteiger partial charge in [0.15, 0.2) is 11.5 Å². The van der Waals surface area contributed by atoms with Crippen LogP contribution in [0.2, 0.25) is 0 Å². The molecule has 2 amide bonds. The fraction of sp³-hybridized carbons (Fsp3) is 0.261. The summed E-state index contributed by atoms with van der Waals surface area (Å²) in [4.78, 5) is 25.3. The number of methoxy groups -OCH3 is 1. The molecule has 162 valence electrons. The first-order chi connectivity index (χ1) is 14.8. The Balaban J connectivity index is 1.73. The summed E-state index contributed by atoms with van der Waals surface area (Å²) in [6.07, 6.45) is -0.0313. The summed E-state index contributed by atoms with van der Waals surface area (Å²) in [5.74, 6) is 0.0481. The van der Waals surface area contributed by atoms with Gasteiger partial charge in [0.05, 0.1) is 35.9 Å². The van der Waals surface area contributed by atoms with Crippen LogP contribution in [0.15, 0.2) is 48.5 Å². The number of carbonyl (C=O) groups is 2. The second kappa shape index (κ2) is 9.34. The minimum absolute atomic E-state index is 0.0313. The number of hydrogen-bond acceptors (Lipinski definition) is 5. The van der Waals surface area contributed by atoms with Crippen LogP contribution in [-0.4, -0.2) is 34.8 Å². The van der Waals surface area contributed by atoms with E-state index in [1.165, 1.54) is 7.11 Å². The van der Waals surface area contributed by atoms with Crippen LogP contribution in [0.4, 0.5) is 0 Å². The van der Waals surface area contributed by atoms with E-state index in [9.17, 15) is 9.59 Å². The highest BCUT2D eigenvalue weighted by atomic mass is 16.5. The van der Waals surface area contributed by atoms with E-state index in [-0.39, 0.29) is 6.10 Å². The number of rotatable bonds is 6. The highest BCUT2D eigenvalue weighted by Crippen LogP contribution is 2.29. The largest absolute Gasteiger partial charge is 0.493 e. The van der Waals surface area contributed by atoms with E-state index >= 15 is 0 Å². The fourth-order valence-corrected chi connectivity index (χ4v) is 3.20. The van der Waals surface area contributed by atoms with Crippen molar-refractivity contribution >= 4 is 11.8 Å². The molecule has 0 fully saturated rings. The Hall–Kier alpha value is -3.81. The van der Waals surface area contributed by atoms with Crippen LogP contribution >= 0.6 is 0 Å². The zero-order valence-corrected chi connectivity index (χ0v) is 18.2. The molecule has 0 saturated heterocycles. The second-order valence-electron chi connectivity index (χ2n) is 7.23. The Labute approximate surface area is 181 Å². The van der Waals surface area contributed by atoms with Gasteiger partial charge in [-0.25, -0.2) is 4.68 Å². The maximum atomic E-state index is 12.7. The van der Waals surface area contributed by atoms with Crippen molar-refractivity contribution in [2.24, 2.45) is 0 Å². The Kier molecular flexibility index (Phi) is 6.59. The lowest BCUT2D eigenvalue weighted by molar-refractivity contribution is 0.0845. The van der Waals surface area contributed by atoms with Gasteiger partial charge >= 0.3 is 0 Å². The summed E-state index contributed by atoms with van der Waals surface area (Å²) in [5.41, 5.74) is 7.71. The average Bonchev–Trinajstić information content (AvgIpc) is 3.06. The first-order valence-corrected chi connectivity index (χ1v) is 9.88. The molecule has 1 heterocycles. The van der Waals surface area contributed by atoms with Gasteiger partial charge in [-0.2, -0.15) is 5.10 Å². The molecule has 0 aliphatic rings. The standard InChI is InChI=1S/C23H26N4O4/c1-14(2)31-19-12-11-17(13-20(19)30-5)22(28)24-25-23(29)21-15(3)26-27(16(21)4)18-9-7-6-8-10-18/h6-14H,1-5H3,(H,24,28)(H,25,29). The number of benzene rings is 2. The topological polar surface area (TPSA) is 94.5 Å². The third-order valence-electron chi connectivity index (χ3n) is 4.60. The quantitative estimate of drug-likeness (QED) is 0.594. The van der Waals surface area contributed by atoms with Crippen LogP contribution in [0.25, 0.3) is 5.69 Å². The number of hydrogen-bond donors (Lipinski definition) is 2. The smallest absolute Gasteiger partial charge is 0.273 e. The molecular formula is C23H26N4O4. The van der Waals surface area contributed by atoms with Crippen molar-refractivity contribution < 1.29 is 19.1 Å². The lowest BCUT2D eigenvalue weighted by Gasteiger charge is -2.14. The number of aryl methyl sites for hydroxylation is 1. The van der Waals surface area contributed by atoms with Gasteiger partial charge in [-0.15, -0.1) is 0 Å². The van der Waals surface area contributed by atoms with Gasteiger partial charge in [-0.05, 0) is 58.0 Å². The third-order valence-corrected chi connectivity index (χ3v) is 4.60. The number of nitrogens with zero attached hydrogens (tertiary/aromatic N) is 2. The Morgan fingerprint density at radius 1 is 0.968 bits per heavy atom. The molecule has 0 aliphatic heterocycles. The van der Waals surface area contributed by atoms with Crippen LogP contribution < -0.4 is 20.3 Å². The van der Waals surface area contributed by atoms with Crippen molar-refractivity contribution in [1.29, 1.82) is 0 Å². The van der Waals surface area contributed by atoms with Gasteiger partial charge in [-0.1, -0.05) is 18.2 Å². The summed E-state index contributed by atoms with van der Waals surface area (Å²) in [6, 6.07) is 14.3. The van der Waals surface area contributed by atoms with Gasteiger partial charge in [0, 0.05) is 5.56 Å². The zero-order valence-electron chi connectivity index (χ0n) is 18.2. The van der Waals surface area contributed by atoms with Crippen molar-refractivity contribution in [3.8, 4) is 17.2 Å². The fourth-order valence-electron chi connectivity index (χ4n) is 3.20. The number of para-hydroxylation sites is 1. The van der Waals surface area contributed by atoms with Gasteiger partial charge in [0.2, 0.25) is 0 Å². The van der Waals surface area contributed by atoms with E-state index in [0.717, 1.165) is 5.69 Å². The van der Waals surface area contributed by atoms with Crippen LogP contribution in [0.5, 0.6) is 11.5 Å². The monoisotopic (exact) mass is 422 g/mol. The minimum Gasteiger partial charge on any atom is -0.493 e. The predicted octanol–water partition coefficient (Wildman–Crippen LogP) is 3.36. The molecule has 0 unspecified atom stereocenters. The molecule has 8 heteroatoms. The lowest BCUT2D eigenvalue weighted by atomic mass is 10.2. The number of aromatic nitrogens is 2. The number of hydrazine groups is 1. The average molecular weight is 422 g/mol. The van der Waals surface area contributed by atoms with Crippen molar-refractivity contribution in [2.45, 2.75) is 33.8 Å². The molecule has 0 spiro atoms. The molecule has 3 rings (SSSR count). The summed E-state index contributed by atoms with van der Waals surface area (Å²) in [6.45, 7) is 7.36.